The number of carbonyl (C=O) groups excluding carboxylic acids is 2. The monoisotopic (exact) mass is 378 g/mol. The molecule has 0 N–H and O–H groups in total. The Morgan fingerprint density at radius 1 is 1.21 bits per heavy atom. The highest BCUT2D eigenvalue weighted by molar-refractivity contribution is 6.14. The maximum absolute atomic E-state index is 13.4. The molecule has 1 amide bonds. The van der Waals surface area contributed by atoms with Gasteiger partial charge in [-0.25, -0.2) is 14.5 Å². The molecule has 0 saturated heterocycles. The molecule has 0 fully saturated rings. The number of hydrogen-bond donors (Lipinski definition) is 0. The molecular formula is C21H22N4O3. The smallest absolute Gasteiger partial charge is 0.337 e. The number of esters is 1. The van der Waals surface area contributed by atoms with Gasteiger partial charge in [0, 0.05) is 24.0 Å². The molecule has 2 aromatic heterocycles. The van der Waals surface area contributed by atoms with E-state index in [1.54, 1.807) is 23.2 Å². The van der Waals surface area contributed by atoms with Crippen LogP contribution in [0, 0.1) is 6.92 Å². The Balaban J connectivity index is 1.75. The normalized spacial score (nSPS) is 13.2. The Labute approximate surface area is 162 Å². The zero-order valence-electron chi connectivity index (χ0n) is 16.4. The van der Waals surface area contributed by atoms with Crippen LogP contribution < -0.4 is 4.90 Å². The predicted octanol–water partition coefficient (Wildman–Crippen LogP) is 3.31. The van der Waals surface area contributed by atoms with Gasteiger partial charge in [0.2, 0.25) is 0 Å². The number of fused-ring (bicyclic) bond motifs is 2. The number of aryl methyl sites for hydroxylation is 1. The minimum Gasteiger partial charge on any atom is -0.465 e. The number of methoxy groups -OCH3 is 1. The summed E-state index contributed by atoms with van der Waals surface area (Å²) < 4.78 is 6.62. The lowest BCUT2D eigenvalue weighted by atomic mass is 10.1. The Morgan fingerprint density at radius 2 is 2.00 bits per heavy atom. The van der Waals surface area contributed by atoms with E-state index in [4.69, 9.17) is 4.74 Å². The molecule has 1 aliphatic rings. The van der Waals surface area contributed by atoms with Crippen molar-refractivity contribution in [1.29, 1.82) is 0 Å². The van der Waals surface area contributed by atoms with Crippen LogP contribution in [0.15, 0.2) is 30.5 Å². The van der Waals surface area contributed by atoms with E-state index in [1.807, 2.05) is 37.6 Å². The van der Waals surface area contributed by atoms with Gasteiger partial charge in [0.1, 0.15) is 0 Å². The van der Waals surface area contributed by atoms with E-state index in [0.29, 0.717) is 24.1 Å². The van der Waals surface area contributed by atoms with Crippen molar-refractivity contribution in [2.45, 2.75) is 33.2 Å². The van der Waals surface area contributed by atoms with Gasteiger partial charge in [-0.1, -0.05) is 0 Å². The first-order chi connectivity index (χ1) is 13.4. The molecule has 0 saturated carbocycles. The second kappa shape index (κ2) is 6.74. The lowest BCUT2D eigenvalue weighted by Gasteiger charge is -2.18. The van der Waals surface area contributed by atoms with Gasteiger partial charge in [-0.3, -0.25) is 4.79 Å². The molecule has 7 heteroatoms. The molecule has 0 radical (unpaired) electrons. The summed E-state index contributed by atoms with van der Waals surface area (Å²) in [5, 5.41) is 5.18. The maximum atomic E-state index is 13.4. The molecule has 0 atom stereocenters. The molecule has 0 spiro atoms. The van der Waals surface area contributed by atoms with E-state index in [-0.39, 0.29) is 17.9 Å². The van der Waals surface area contributed by atoms with Crippen LogP contribution in [0.5, 0.6) is 0 Å². The van der Waals surface area contributed by atoms with Gasteiger partial charge in [0.25, 0.3) is 5.91 Å². The Morgan fingerprint density at radius 3 is 2.71 bits per heavy atom. The molecule has 3 aromatic rings. The fraction of sp³-hybridized carbons (Fsp3) is 0.333. The van der Waals surface area contributed by atoms with Crippen molar-refractivity contribution in [1.82, 2.24) is 14.8 Å². The number of pyridine rings is 1. The maximum Gasteiger partial charge on any atom is 0.337 e. The van der Waals surface area contributed by atoms with Crippen molar-refractivity contribution >= 4 is 28.6 Å². The van der Waals surface area contributed by atoms with Gasteiger partial charge in [0.15, 0.2) is 5.65 Å². The van der Waals surface area contributed by atoms with Crippen LogP contribution in [0.1, 0.15) is 51.9 Å². The Hall–Kier alpha value is -3.22. The summed E-state index contributed by atoms with van der Waals surface area (Å²) in [6, 6.07) is 7.28. The summed E-state index contributed by atoms with van der Waals surface area (Å²) in [5.74, 6) is -0.455. The third kappa shape index (κ3) is 2.83. The van der Waals surface area contributed by atoms with E-state index >= 15 is 0 Å². The van der Waals surface area contributed by atoms with Crippen molar-refractivity contribution in [3.63, 3.8) is 0 Å². The summed E-state index contributed by atoms with van der Waals surface area (Å²) in [6.45, 7) is 6.52. The molecule has 0 unspecified atom stereocenters. The van der Waals surface area contributed by atoms with Crippen LogP contribution in [-0.4, -0.2) is 40.3 Å². The zero-order valence-corrected chi connectivity index (χ0v) is 16.4. The van der Waals surface area contributed by atoms with Crippen LogP contribution in [0.3, 0.4) is 0 Å². The van der Waals surface area contributed by atoms with Crippen LogP contribution in [-0.2, 0) is 11.2 Å². The number of anilines is 1. The zero-order chi connectivity index (χ0) is 20.0. The number of ether oxygens (including phenoxy) is 1. The molecule has 144 valence electrons. The van der Waals surface area contributed by atoms with Crippen LogP contribution in [0.4, 0.5) is 5.69 Å². The summed E-state index contributed by atoms with van der Waals surface area (Å²) in [7, 11) is 1.36. The third-order valence-electron chi connectivity index (χ3n) is 5.06. The minimum atomic E-state index is -0.375. The molecule has 0 aliphatic carbocycles. The number of carbonyl (C=O) groups is 2. The molecule has 3 heterocycles. The van der Waals surface area contributed by atoms with Gasteiger partial charge >= 0.3 is 5.97 Å². The van der Waals surface area contributed by atoms with Gasteiger partial charge in [-0.15, -0.1) is 0 Å². The van der Waals surface area contributed by atoms with Crippen molar-refractivity contribution in [2.75, 3.05) is 18.6 Å². The highest BCUT2D eigenvalue weighted by atomic mass is 16.5. The fourth-order valence-corrected chi connectivity index (χ4v) is 3.70. The quantitative estimate of drug-likeness (QED) is 0.654. The SMILES string of the molecule is COC(=O)c1ccc2c(c1)CCN2C(=O)c1cc(C)nc2c1cnn2C(C)C. The standard InChI is InChI=1S/C21H22N4O3/c1-12(2)25-19-17(11-22-25)16(9-13(3)23-19)20(26)24-8-7-14-10-15(21(27)28-4)5-6-18(14)24/h5-6,9-12H,7-8H2,1-4H3. The predicted molar refractivity (Wildman–Crippen MR) is 106 cm³/mol. The number of amides is 1. The lowest BCUT2D eigenvalue weighted by molar-refractivity contribution is 0.0600. The van der Waals surface area contributed by atoms with Crippen molar-refractivity contribution in [3.05, 3.63) is 52.8 Å². The molecular weight excluding hydrogens is 356 g/mol. The first-order valence-corrected chi connectivity index (χ1v) is 9.28. The largest absolute Gasteiger partial charge is 0.465 e. The summed E-state index contributed by atoms with van der Waals surface area (Å²) >= 11 is 0. The van der Waals surface area contributed by atoms with Gasteiger partial charge < -0.3 is 9.64 Å². The van der Waals surface area contributed by atoms with Gasteiger partial charge in [0.05, 0.1) is 29.8 Å². The van der Waals surface area contributed by atoms with E-state index in [0.717, 1.165) is 28.0 Å². The first kappa shape index (κ1) is 18.2. The fourth-order valence-electron chi connectivity index (χ4n) is 3.70. The summed E-state index contributed by atoms with van der Waals surface area (Å²) in [6.07, 6.45) is 2.41. The van der Waals surface area contributed by atoms with Gasteiger partial charge in [-0.2, -0.15) is 5.10 Å². The molecule has 1 aliphatic heterocycles. The molecule has 1 aromatic carbocycles. The van der Waals surface area contributed by atoms with Crippen molar-refractivity contribution in [3.8, 4) is 0 Å². The minimum absolute atomic E-state index is 0.0802. The average molecular weight is 378 g/mol. The van der Waals surface area contributed by atoms with Gasteiger partial charge in [-0.05, 0) is 57.0 Å². The number of nitrogens with zero attached hydrogens (tertiary/aromatic N) is 4. The molecule has 4 rings (SSSR count). The Kier molecular flexibility index (Phi) is 4.37. The van der Waals surface area contributed by atoms with Crippen LogP contribution >= 0.6 is 0 Å². The highest BCUT2D eigenvalue weighted by Crippen LogP contribution is 2.32. The number of hydrogen-bond acceptors (Lipinski definition) is 5. The molecule has 0 bridgehead atoms. The van der Waals surface area contributed by atoms with E-state index in [2.05, 4.69) is 10.1 Å². The topological polar surface area (TPSA) is 77.3 Å². The summed E-state index contributed by atoms with van der Waals surface area (Å²) in [5.41, 5.74) is 4.39. The average Bonchev–Trinajstić information content (AvgIpc) is 3.29. The van der Waals surface area contributed by atoms with Crippen molar-refractivity contribution in [2.24, 2.45) is 0 Å². The Bertz CT molecular complexity index is 1100. The van der Waals surface area contributed by atoms with Crippen molar-refractivity contribution < 1.29 is 14.3 Å². The summed E-state index contributed by atoms with van der Waals surface area (Å²) in [4.78, 5) is 31.5. The third-order valence-corrected chi connectivity index (χ3v) is 5.06. The highest BCUT2D eigenvalue weighted by Gasteiger charge is 2.28. The lowest BCUT2D eigenvalue weighted by Crippen LogP contribution is -2.29. The first-order valence-electron chi connectivity index (χ1n) is 9.28. The number of benzene rings is 1. The van der Waals surface area contributed by atoms with Crippen LogP contribution in [0.25, 0.3) is 11.0 Å². The second-order valence-electron chi connectivity index (χ2n) is 7.27. The van der Waals surface area contributed by atoms with E-state index < -0.39 is 0 Å². The van der Waals surface area contributed by atoms with E-state index in [9.17, 15) is 9.59 Å². The molecule has 28 heavy (non-hydrogen) atoms. The number of rotatable bonds is 3. The van der Waals surface area contributed by atoms with Crippen LogP contribution in [0.2, 0.25) is 0 Å². The number of aromatic nitrogens is 3. The van der Waals surface area contributed by atoms with E-state index in [1.165, 1.54) is 7.11 Å². The second-order valence-corrected chi connectivity index (χ2v) is 7.27. The molecule has 7 nitrogen and oxygen atoms in total.